The van der Waals surface area contributed by atoms with Crippen LogP contribution in [0.4, 0.5) is 17.3 Å². The lowest BCUT2D eigenvalue weighted by Gasteiger charge is -2.16. The maximum Gasteiger partial charge on any atom is 0.311 e. The molecule has 1 aromatic rings. The molecule has 0 radical (unpaired) electrons. The molecule has 0 unspecified atom stereocenters. The number of aromatic nitrogens is 1. The first-order chi connectivity index (χ1) is 9.97. The highest BCUT2D eigenvalue weighted by atomic mass is 35.5. The molecule has 8 heteroatoms. The highest BCUT2D eigenvalue weighted by Gasteiger charge is 2.16. The molecular formula is C14H26ClN5O2. The zero-order valence-corrected chi connectivity index (χ0v) is 14.4. The van der Waals surface area contributed by atoms with Crippen LogP contribution in [0.15, 0.2) is 12.1 Å². The summed E-state index contributed by atoms with van der Waals surface area (Å²) in [7, 11) is 0. The summed E-state index contributed by atoms with van der Waals surface area (Å²) in [4.78, 5) is 16.4. The van der Waals surface area contributed by atoms with Crippen LogP contribution in [-0.2, 0) is 0 Å². The van der Waals surface area contributed by atoms with E-state index < -0.39 is 4.92 Å². The third kappa shape index (κ3) is 6.44. The minimum atomic E-state index is -0.415. The van der Waals surface area contributed by atoms with Crippen molar-refractivity contribution in [1.29, 1.82) is 0 Å². The van der Waals surface area contributed by atoms with Crippen molar-refractivity contribution in [1.82, 2.24) is 4.98 Å². The monoisotopic (exact) mass is 331 g/mol. The molecular weight excluding hydrogens is 306 g/mol. The van der Waals surface area contributed by atoms with Crippen molar-refractivity contribution in [2.24, 2.45) is 0 Å². The lowest BCUT2D eigenvalue weighted by Crippen LogP contribution is -3.12. The summed E-state index contributed by atoms with van der Waals surface area (Å²) in [5, 5.41) is 17.2. The molecule has 1 aromatic heterocycles. The van der Waals surface area contributed by atoms with Gasteiger partial charge in [-0.15, -0.1) is 0 Å². The second-order valence-electron chi connectivity index (χ2n) is 5.25. The first-order valence-corrected chi connectivity index (χ1v) is 7.47. The fourth-order valence-corrected chi connectivity index (χ4v) is 2.05. The Hall–Kier alpha value is -1.60. The predicted molar refractivity (Wildman–Crippen MR) is 85.1 cm³/mol. The second kappa shape index (κ2) is 10.2. The van der Waals surface area contributed by atoms with E-state index in [2.05, 4.69) is 29.5 Å². The van der Waals surface area contributed by atoms with Crippen LogP contribution in [0.1, 0.15) is 27.7 Å². The lowest BCUT2D eigenvalue weighted by atomic mass is 10.3. The van der Waals surface area contributed by atoms with Crippen molar-refractivity contribution in [3.63, 3.8) is 0 Å². The number of halogens is 1. The number of quaternary nitrogens is 1. The quantitative estimate of drug-likeness (QED) is 0.365. The fraction of sp³-hybridized carbons (Fsp3) is 0.643. The molecule has 0 atom stereocenters. The summed E-state index contributed by atoms with van der Waals surface area (Å²) in [5.41, 5.74) is 0.00335. The van der Waals surface area contributed by atoms with E-state index in [0.29, 0.717) is 11.6 Å². The number of rotatable bonds is 9. The molecule has 0 aliphatic heterocycles. The molecule has 1 heterocycles. The summed E-state index contributed by atoms with van der Waals surface area (Å²) >= 11 is 0. The molecule has 0 bridgehead atoms. The first-order valence-electron chi connectivity index (χ1n) is 7.47. The third-order valence-electron chi connectivity index (χ3n) is 3.28. The van der Waals surface area contributed by atoms with Gasteiger partial charge >= 0.3 is 5.69 Å². The molecule has 1 rings (SSSR count). The van der Waals surface area contributed by atoms with Gasteiger partial charge < -0.3 is 27.9 Å². The number of hydrogen-bond acceptors (Lipinski definition) is 5. The average molecular weight is 332 g/mol. The molecule has 7 nitrogen and oxygen atoms in total. The van der Waals surface area contributed by atoms with E-state index in [4.69, 9.17) is 0 Å². The van der Waals surface area contributed by atoms with Gasteiger partial charge in [0, 0.05) is 12.1 Å². The highest BCUT2D eigenvalue weighted by molar-refractivity contribution is 5.60. The van der Waals surface area contributed by atoms with Crippen LogP contribution in [-0.4, -0.2) is 42.1 Å². The van der Waals surface area contributed by atoms with Crippen LogP contribution in [0.5, 0.6) is 0 Å². The second-order valence-corrected chi connectivity index (χ2v) is 5.25. The summed E-state index contributed by atoms with van der Waals surface area (Å²) in [6.07, 6.45) is 0. The van der Waals surface area contributed by atoms with E-state index in [1.165, 1.54) is 11.0 Å². The van der Waals surface area contributed by atoms with Crippen molar-refractivity contribution < 1.29 is 22.2 Å². The number of anilines is 2. The molecule has 0 saturated heterocycles. The normalized spacial score (nSPS) is 10.5. The third-order valence-corrected chi connectivity index (χ3v) is 3.28. The Morgan fingerprint density at radius 2 is 1.95 bits per heavy atom. The Balaban J connectivity index is 0.00000441. The first kappa shape index (κ1) is 20.4. The maximum absolute atomic E-state index is 11.0. The lowest BCUT2D eigenvalue weighted by molar-refractivity contribution is -0.894. The van der Waals surface area contributed by atoms with Gasteiger partial charge in [-0.2, -0.15) is 0 Å². The summed E-state index contributed by atoms with van der Waals surface area (Å²) < 4.78 is 0. The van der Waals surface area contributed by atoms with Crippen LogP contribution in [0.2, 0.25) is 0 Å². The van der Waals surface area contributed by atoms with Gasteiger partial charge in [0.25, 0.3) is 0 Å². The molecule has 0 aliphatic carbocycles. The maximum atomic E-state index is 11.0. The number of pyridine rings is 1. The predicted octanol–water partition coefficient (Wildman–Crippen LogP) is -1.85. The van der Waals surface area contributed by atoms with Crippen molar-refractivity contribution >= 4 is 17.3 Å². The standard InChI is InChI=1S/C14H25N5O2.ClH/c1-5-18(6-2)10-9-15-13-8-7-12(19(20)21)14(17-13)16-11(3)4;/h7-8,11H,5-6,9-10H2,1-4H3,(H2,15,16,17);1H. The Morgan fingerprint density at radius 3 is 2.45 bits per heavy atom. The van der Waals surface area contributed by atoms with E-state index >= 15 is 0 Å². The zero-order valence-electron chi connectivity index (χ0n) is 13.6. The number of nitrogens with zero attached hydrogens (tertiary/aromatic N) is 2. The van der Waals surface area contributed by atoms with E-state index in [1.54, 1.807) is 6.07 Å². The minimum Gasteiger partial charge on any atom is -1.00 e. The molecule has 0 spiro atoms. The number of nitro groups is 1. The molecule has 0 amide bonds. The van der Waals surface area contributed by atoms with Crippen LogP contribution in [0.3, 0.4) is 0 Å². The van der Waals surface area contributed by atoms with Gasteiger partial charge in [-0.25, -0.2) is 4.98 Å². The smallest absolute Gasteiger partial charge is 0.311 e. The van der Waals surface area contributed by atoms with Crippen molar-refractivity contribution in [3.8, 4) is 0 Å². The fourth-order valence-electron chi connectivity index (χ4n) is 2.05. The zero-order chi connectivity index (χ0) is 15.8. The van der Waals surface area contributed by atoms with E-state index in [-0.39, 0.29) is 24.1 Å². The summed E-state index contributed by atoms with van der Waals surface area (Å²) in [5.74, 6) is 0.977. The van der Waals surface area contributed by atoms with Gasteiger partial charge in [0.2, 0.25) is 5.82 Å². The Bertz CT molecular complexity index is 467. The van der Waals surface area contributed by atoms with Gasteiger partial charge in [0.1, 0.15) is 5.82 Å². The molecule has 0 saturated carbocycles. The van der Waals surface area contributed by atoms with Crippen LogP contribution in [0.25, 0.3) is 0 Å². The van der Waals surface area contributed by atoms with E-state index in [1.807, 2.05) is 13.8 Å². The Morgan fingerprint density at radius 1 is 1.32 bits per heavy atom. The topological polar surface area (TPSA) is 84.5 Å². The molecule has 0 fully saturated rings. The average Bonchev–Trinajstić information content (AvgIpc) is 2.43. The molecule has 22 heavy (non-hydrogen) atoms. The van der Waals surface area contributed by atoms with Gasteiger partial charge in [-0.05, 0) is 33.8 Å². The number of hydrogen-bond donors (Lipinski definition) is 3. The molecule has 126 valence electrons. The van der Waals surface area contributed by atoms with Crippen LogP contribution in [0, 0.1) is 10.1 Å². The Kier molecular flexibility index (Phi) is 9.44. The van der Waals surface area contributed by atoms with Crippen LogP contribution < -0.4 is 27.9 Å². The van der Waals surface area contributed by atoms with Crippen LogP contribution >= 0.6 is 0 Å². The van der Waals surface area contributed by atoms with E-state index in [0.717, 1.165) is 26.2 Å². The van der Waals surface area contributed by atoms with E-state index in [9.17, 15) is 10.1 Å². The Labute approximate surface area is 138 Å². The molecule has 3 N–H and O–H groups in total. The summed E-state index contributed by atoms with van der Waals surface area (Å²) in [6, 6.07) is 3.23. The SMILES string of the molecule is CC[NH+](CC)CCNc1ccc([N+](=O)[O-])c(NC(C)C)n1.[Cl-]. The number of likely N-dealkylation sites (N-methyl/N-ethyl adjacent to an activating group) is 1. The minimum absolute atomic E-state index is 0. The van der Waals surface area contributed by atoms with Crippen molar-refractivity contribution in [3.05, 3.63) is 22.2 Å². The highest BCUT2D eigenvalue weighted by Crippen LogP contribution is 2.24. The number of nitrogens with one attached hydrogen (secondary N) is 3. The van der Waals surface area contributed by atoms with Gasteiger partial charge in [-0.1, -0.05) is 0 Å². The van der Waals surface area contributed by atoms with Crippen molar-refractivity contribution in [2.75, 3.05) is 36.8 Å². The molecule has 0 aromatic carbocycles. The largest absolute Gasteiger partial charge is 1.00 e. The van der Waals surface area contributed by atoms with Gasteiger partial charge in [0.05, 0.1) is 31.1 Å². The summed E-state index contributed by atoms with van der Waals surface area (Å²) in [6.45, 7) is 12.1. The van der Waals surface area contributed by atoms with Gasteiger partial charge in [-0.3, -0.25) is 10.1 Å². The molecule has 0 aliphatic rings. The van der Waals surface area contributed by atoms with Crippen molar-refractivity contribution in [2.45, 2.75) is 33.7 Å². The van der Waals surface area contributed by atoms with Gasteiger partial charge in [0.15, 0.2) is 0 Å².